The molecule has 2 fully saturated rings. The Morgan fingerprint density at radius 2 is 2.00 bits per heavy atom. The van der Waals surface area contributed by atoms with Gasteiger partial charge in [0, 0.05) is 30.1 Å². The highest BCUT2D eigenvalue weighted by Crippen LogP contribution is 2.28. The van der Waals surface area contributed by atoms with E-state index in [9.17, 15) is 18.8 Å². The van der Waals surface area contributed by atoms with Crippen molar-refractivity contribution in [2.45, 2.75) is 37.5 Å². The summed E-state index contributed by atoms with van der Waals surface area (Å²) in [4.78, 5) is 38.9. The Kier molecular flexibility index (Phi) is 6.27. The lowest BCUT2D eigenvalue weighted by Crippen LogP contribution is -2.52. The maximum Gasteiger partial charge on any atom is 0.247 e. The van der Waals surface area contributed by atoms with Crippen molar-refractivity contribution in [1.29, 1.82) is 0 Å². The first-order chi connectivity index (χ1) is 14.9. The second kappa shape index (κ2) is 9.09. The van der Waals surface area contributed by atoms with E-state index in [4.69, 9.17) is 0 Å². The van der Waals surface area contributed by atoms with Crippen LogP contribution in [0.2, 0.25) is 0 Å². The zero-order valence-corrected chi connectivity index (χ0v) is 18.0. The van der Waals surface area contributed by atoms with Gasteiger partial charge in [0.1, 0.15) is 11.9 Å². The molecular formula is C23H24FN3O3S. The lowest BCUT2D eigenvalue weighted by molar-refractivity contribution is -0.126. The van der Waals surface area contributed by atoms with E-state index >= 15 is 0 Å². The SMILES string of the molecule is Cc1cc(NC(=O)C2CSC(Cc3ccc(F)cc3)C(=O)N2)ccc1N1CCCC1=O. The summed E-state index contributed by atoms with van der Waals surface area (Å²) >= 11 is 1.43. The molecule has 0 radical (unpaired) electrons. The molecule has 4 rings (SSSR count). The number of carbonyl (C=O) groups excluding carboxylic acids is 3. The third-order valence-corrected chi connectivity index (χ3v) is 6.86. The van der Waals surface area contributed by atoms with Gasteiger partial charge >= 0.3 is 0 Å². The highest BCUT2D eigenvalue weighted by molar-refractivity contribution is 8.00. The smallest absolute Gasteiger partial charge is 0.247 e. The number of nitrogens with one attached hydrogen (secondary N) is 2. The molecule has 2 atom stereocenters. The van der Waals surface area contributed by atoms with Gasteiger partial charge in [0.15, 0.2) is 0 Å². The number of amides is 3. The van der Waals surface area contributed by atoms with Gasteiger partial charge in [-0.1, -0.05) is 12.1 Å². The van der Waals surface area contributed by atoms with E-state index in [1.165, 1.54) is 23.9 Å². The Labute approximate surface area is 184 Å². The van der Waals surface area contributed by atoms with E-state index in [0.29, 0.717) is 24.3 Å². The molecule has 2 N–H and O–H groups in total. The summed E-state index contributed by atoms with van der Waals surface area (Å²) in [7, 11) is 0. The van der Waals surface area contributed by atoms with Crippen LogP contribution in [0.15, 0.2) is 42.5 Å². The zero-order valence-electron chi connectivity index (χ0n) is 17.2. The standard InChI is InChI=1S/C23H24FN3O3S/c1-14-11-17(8-9-19(14)27-10-2-3-21(27)28)25-22(29)18-13-31-20(23(30)26-18)12-15-4-6-16(24)7-5-15/h4-9,11,18,20H,2-3,10,12-13H2,1H3,(H,25,29)(H,26,30). The number of aryl methyl sites for hydroxylation is 1. The molecular weight excluding hydrogens is 417 g/mol. The van der Waals surface area contributed by atoms with Crippen LogP contribution in [0.3, 0.4) is 0 Å². The van der Waals surface area contributed by atoms with Crippen LogP contribution < -0.4 is 15.5 Å². The number of anilines is 2. The maximum atomic E-state index is 13.1. The number of halogens is 1. The monoisotopic (exact) mass is 441 g/mol. The molecule has 0 aromatic heterocycles. The molecule has 31 heavy (non-hydrogen) atoms. The van der Waals surface area contributed by atoms with Gasteiger partial charge in [-0.05, 0) is 61.2 Å². The summed E-state index contributed by atoms with van der Waals surface area (Å²) in [5.74, 6) is -0.193. The van der Waals surface area contributed by atoms with Gasteiger partial charge in [-0.3, -0.25) is 14.4 Å². The lowest BCUT2D eigenvalue weighted by atomic mass is 10.1. The molecule has 6 nitrogen and oxygen atoms in total. The van der Waals surface area contributed by atoms with Crippen LogP contribution in [0.25, 0.3) is 0 Å². The summed E-state index contributed by atoms with van der Waals surface area (Å²) in [5.41, 5.74) is 3.29. The Balaban J connectivity index is 1.34. The van der Waals surface area contributed by atoms with Crippen molar-refractivity contribution in [1.82, 2.24) is 5.32 Å². The van der Waals surface area contributed by atoms with Gasteiger partial charge in [-0.25, -0.2) is 4.39 Å². The first kappa shape index (κ1) is 21.4. The van der Waals surface area contributed by atoms with Crippen molar-refractivity contribution in [3.05, 3.63) is 59.4 Å². The Hall–Kier alpha value is -2.87. The summed E-state index contributed by atoms with van der Waals surface area (Å²) < 4.78 is 13.1. The van der Waals surface area contributed by atoms with Crippen molar-refractivity contribution >= 4 is 40.9 Å². The molecule has 2 aliphatic heterocycles. The zero-order chi connectivity index (χ0) is 22.0. The number of hydrogen-bond acceptors (Lipinski definition) is 4. The second-order valence-electron chi connectivity index (χ2n) is 7.85. The first-order valence-corrected chi connectivity index (χ1v) is 11.3. The molecule has 2 heterocycles. The van der Waals surface area contributed by atoms with Crippen LogP contribution >= 0.6 is 11.8 Å². The lowest BCUT2D eigenvalue weighted by Gasteiger charge is -2.28. The first-order valence-electron chi connectivity index (χ1n) is 10.3. The van der Waals surface area contributed by atoms with Crippen LogP contribution in [0, 0.1) is 12.7 Å². The number of hydrogen-bond donors (Lipinski definition) is 2. The highest BCUT2D eigenvalue weighted by Gasteiger charge is 2.32. The summed E-state index contributed by atoms with van der Waals surface area (Å²) in [6.07, 6.45) is 1.91. The van der Waals surface area contributed by atoms with Gasteiger partial charge in [0.2, 0.25) is 17.7 Å². The van der Waals surface area contributed by atoms with Crippen molar-refractivity contribution in [3.8, 4) is 0 Å². The molecule has 2 aromatic rings. The molecule has 2 unspecified atom stereocenters. The number of benzene rings is 2. The number of thioether (sulfide) groups is 1. The van der Waals surface area contributed by atoms with E-state index in [0.717, 1.165) is 29.8 Å². The number of nitrogens with zero attached hydrogens (tertiary/aromatic N) is 1. The molecule has 0 aliphatic carbocycles. The van der Waals surface area contributed by atoms with Gasteiger partial charge in [0.25, 0.3) is 0 Å². The summed E-state index contributed by atoms with van der Waals surface area (Å²) in [5, 5.41) is 5.35. The predicted octanol–water partition coefficient (Wildman–Crippen LogP) is 3.04. The quantitative estimate of drug-likeness (QED) is 0.748. The van der Waals surface area contributed by atoms with Crippen LogP contribution in [-0.2, 0) is 20.8 Å². The van der Waals surface area contributed by atoms with Gasteiger partial charge in [0.05, 0.1) is 5.25 Å². The fraction of sp³-hybridized carbons (Fsp3) is 0.348. The van der Waals surface area contributed by atoms with Gasteiger partial charge < -0.3 is 15.5 Å². The fourth-order valence-electron chi connectivity index (χ4n) is 3.89. The highest BCUT2D eigenvalue weighted by atomic mass is 32.2. The molecule has 3 amide bonds. The van der Waals surface area contributed by atoms with E-state index in [1.807, 2.05) is 19.1 Å². The third-order valence-electron chi connectivity index (χ3n) is 5.55. The molecule has 0 bridgehead atoms. The average Bonchev–Trinajstić information content (AvgIpc) is 3.17. The molecule has 0 spiro atoms. The van der Waals surface area contributed by atoms with Crippen LogP contribution in [0.5, 0.6) is 0 Å². The largest absolute Gasteiger partial charge is 0.343 e. The Bertz CT molecular complexity index is 1010. The number of carbonyl (C=O) groups is 3. The fourth-order valence-corrected chi connectivity index (χ4v) is 5.08. The summed E-state index contributed by atoms with van der Waals surface area (Å²) in [6, 6.07) is 10.9. The molecule has 0 saturated carbocycles. The van der Waals surface area contributed by atoms with E-state index in [1.54, 1.807) is 23.1 Å². The minimum atomic E-state index is -0.623. The summed E-state index contributed by atoms with van der Waals surface area (Å²) in [6.45, 7) is 2.63. The Morgan fingerprint density at radius 3 is 2.65 bits per heavy atom. The van der Waals surface area contributed by atoms with Crippen molar-refractivity contribution < 1.29 is 18.8 Å². The van der Waals surface area contributed by atoms with Crippen molar-refractivity contribution in [2.75, 3.05) is 22.5 Å². The van der Waals surface area contributed by atoms with E-state index in [2.05, 4.69) is 10.6 Å². The van der Waals surface area contributed by atoms with E-state index in [-0.39, 0.29) is 28.8 Å². The van der Waals surface area contributed by atoms with Gasteiger partial charge in [-0.2, -0.15) is 0 Å². The molecule has 2 aromatic carbocycles. The topological polar surface area (TPSA) is 78.5 Å². The van der Waals surface area contributed by atoms with E-state index < -0.39 is 6.04 Å². The molecule has 2 aliphatic rings. The minimum absolute atomic E-state index is 0.122. The third kappa shape index (κ3) is 4.90. The van der Waals surface area contributed by atoms with Crippen LogP contribution in [0.4, 0.5) is 15.8 Å². The number of rotatable bonds is 5. The Morgan fingerprint density at radius 1 is 1.23 bits per heavy atom. The van der Waals surface area contributed by atoms with Crippen LogP contribution in [0.1, 0.15) is 24.0 Å². The maximum absolute atomic E-state index is 13.1. The minimum Gasteiger partial charge on any atom is -0.343 e. The second-order valence-corrected chi connectivity index (χ2v) is 9.09. The van der Waals surface area contributed by atoms with Crippen molar-refractivity contribution in [2.24, 2.45) is 0 Å². The van der Waals surface area contributed by atoms with Crippen molar-refractivity contribution in [3.63, 3.8) is 0 Å². The molecule has 162 valence electrons. The normalized spacial score (nSPS) is 21.2. The van der Waals surface area contributed by atoms with Gasteiger partial charge in [-0.15, -0.1) is 11.8 Å². The molecule has 2 saturated heterocycles. The predicted molar refractivity (Wildman–Crippen MR) is 120 cm³/mol. The van der Waals surface area contributed by atoms with Crippen LogP contribution in [-0.4, -0.2) is 41.3 Å². The average molecular weight is 442 g/mol. The molecule has 8 heteroatoms.